The van der Waals surface area contributed by atoms with Crippen molar-refractivity contribution < 1.29 is 9.84 Å². The highest BCUT2D eigenvalue weighted by Crippen LogP contribution is 2.25. The molecular weight excluding hydrogens is 240 g/mol. The van der Waals surface area contributed by atoms with Gasteiger partial charge in [-0.15, -0.1) is 0 Å². The highest BCUT2D eigenvalue weighted by Gasteiger charge is 2.22. The Balaban J connectivity index is 2.19. The molecule has 0 spiro atoms. The summed E-state index contributed by atoms with van der Waals surface area (Å²) >= 11 is 0. The Bertz CT molecular complexity index is 468. The van der Waals surface area contributed by atoms with Crippen molar-refractivity contribution in [2.75, 3.05) is 20.3 Å². The van der Waals surface area contributed by atoms with E-state index in [1.165, 1.54) is 6.42 Å². The zero-order valence-electron chi connectivity index (χ0n) is 11.3. The first-order valence-corrected chi connectivity index (χ1v) is 6.70. The minimum atomic E-state index is 0.195. The number of aliphatic hydroxyl groups is 1. The predicted octanol–water partition coefficient (Wildman–Crippen LogP) is 1.91. The summed E-state index contributed by atoms with van der Waals surface area (Å²) in [6.45, 7) is 1.91. The van der Waals surface area contributed by atoms with Crippen LogP contribution in [0.2, 0.25) is 0 Å². The Morgan fingerprint density at radius 2 is 2.32 bits per heavy atom. The van der Waals surface area contributed by atoms with E-state index in [0.29, 0.717) is 5.56 Å². The van der Waals surface area contributed by atoms with Gasteiger partial charge in [0.15, 0.2) is 0 Å². The van der Waals surface area contributed by atoms with Crippen molar-refractivity contribution >= 4 is 0 Å². The molecule has 0 aliphatic carbocycles. The van der Waals surface area contributed by atoms with Gasteiger partial charge >= 0.3 is 0 Å². The average molecular weight is 260 g/mol. The van der Waals surface area contributed by atoms with E-state index in [-0.39, 0.29) is 12.6 Å². The van der Waals surface area contributed by atoms with E-state index in [1.54, 1.807) is 13.2 Å². The van der Waals surface area contributed by atoms with Crippen LogP contribution in [-0.2, 0) is 6.54 Å². The topological polar surface area (TPSA) is 56.5 Å². The lowest BCUT2D eigenvalue weighted by Gasteiger charge is -2.34. The number of hydrogen-bond acceptors (Lipinski definition) is 4. The SMILES string of the molecule is COc1ccc(C#N)cc1CN1CCCC[C@@H]1CO. The van der Waals surface area contributed by atoms with Crippen molar-refractivity contribution in [2.24, 2.45) is 0 Å². The van der Waals surface area contributed by atoms with Gasteiger partial charge in [-0.3, -0.25) is 4.90 Å². The Morgan fingerprint density at radius 1 is 1.47 bits per heavy atom. The van der Waals surface area contributed by atoms with Gasteiger partial charge in [-0.2, -0.15) is 5.26 Å². The normalized spacial score (nSPS) is 19.9. The molecule has 0 amide bonds. The van der Waals surface area contributed by atoms with Crippen LogP contribution in [0.3, 0.4) is 0 Å². The fraction of sp³-hybridized carbons (Fsp3) is 0.533. The molecule has 1 saturated heterocycles. The second-order valence-electron chi connectivity index (χ2n) is 4.94. The van der Waals surface area contributed by atoms with Crippen LogP contribution in [0.15, 0.2) is 18.2 Å². The molecule has 1 aliphatic heterocycles. The van der Waals surface area contributed by atoms with E-state index in [2.05, 4.69) is 11.0 Å². The number of ether oxygens (including phenoxy) is 1. The van der Waals surface area contributed by atoms with E-state index >= 15 is 0 Å². The van der Waals surface area contributed by atoms with Gasteiger partial charge in [0.2, 0.25) is 0 Å². The number of benzene rings is 1. The second-order valence-corrected chi connectivity index (χ2v) is 4.94. The molecule has 1 atom stereocenters. The summed E-state index contributed by atoms with van der Waals surface area (Å²) in [7, 11) is 1.64. The smallest absolute Gasteiger partial charge is 0.123 e. The van der Waals surface area contributed by atoms with E-state index in [4.69, 9.17) is 10.00 Å². The first kappa shape index (κ1) is 13.9. The summed E-state index contributed by atoms with van der Waals surface area (Å²) in [6.07, 6.45) is 3.38. The standard InChI is InChI=1S/C15H20N2O2/c1-19-15-6-5-12(9-16)8-13(15)10-17-7-3-2-4-14(17)11-18/h5-6,8,14,18H,2-4,7,10-11H2,1H3/t14-/m1/s1. The highest BCUT2D eigenvalue weighted by atomic mass is 16.5. The predicted molar refractivity (Wildman–Crippen MR) is 72.8 cm³/mol. The number of aliphatic hydroxyl groups excluding tert-OH is 1. The number of nitrogens with zero attached hydrogens (tertiary/aromatic N) is 2. The van der Waals surface area contributed by atoms with E-state index in [9.17, 15) is 5.11 Å². The molecule has 4 nitrogen and oxygen atoms in total. The van der Waals surface area contributed by atoms with Crippen molar-refractivity contribution in [2.45, 2.75) is 31.8 Å². The molecule has 1 fully saturated rings. The van der Waals surface area contributed by atoms with Gasteiger partial charge in [-0.1, -0.05) is 6.42 Å². The number of likely N-dealkylation sites (tertiary alicyclic amines) is 1. The van der Waals surface area contributed by atoms with Crippen LogP contribution in [0.25, 0.3) is 0 Å². The Kier molecular flexibility index (Phi) is 4.78. The van der Waals surface area contributed by atoms with Crippen LogP contribution in [0.5, 0.6) is 5.75 Å². The second kappa shape index (κ2) is 6.55. The molecule has 0 bridgehead atoms. The third-order valence-corrected chi connectivity index (χ3v) is 3.74. The summed E-state index contributed by atoms with van der Waals surface area (Å²) in [5.74, 6) is 0.807. The molecule has 1 aromatic rings. The zero-order valence-corrected chi connectivity index (χ0v) is 11.3. The lowest BCUT2D eigenvalue weighted by atomic mass is 10.0. The Labute approximate surface area is 114 Å². The Hall–Kier alpha value is -1.57. The van der Waals surface area contributed by atoms with Crippen molar-refractivity contribution in [3.05, 3.63) is 29.3 Å². The third-order valence-electron chi connectivity index (χ3n) is 3.74. The minimum absolute atomic E-state index is 0.195. The molecule has 0 unspecified atom stereocenters. The lowest BCUT2D eigenvalue weighted by Crippen LogP contribution is -2.41. The first-order valence-electron chi connectivity index (χ1n) is 6.70. The fourth-order valence-electron chi connectivity index (χ4n) is 2.67. The van der Waals surface area contributed by atoms with Crippen LogP contribution < -0.4 is 4.74 Å². The molecular formula is C15H20N2O2. The number of piperidine rings is 1. The summed E-state index contributed by atoms with van der Waals surface area (Å²) in [5, 5.41) is 18.4. The maximum atomic E-state index is 9.44. The van der Waals surface area contributed by atoms with Gasteiger partial charge in [0.25, 0.3) is 0 Å². The van der Waals surface area contributed by atoms with Crippen molar-refractivity contribution in [3.8, 4) is 11.8 Å². The van der Waals surface area contributed by atoms with Gasteiger partial charge in [-0.25, -0.2) is 0 Å². The van der Waals surface area contributed by atoms with Crippen LogP contribution in [0.1, 0.15) is 30.4 Å². The largest absolute Gasteiger partial charge is 0.496 e. The summed E-state index contributed by atoms with van der Waals surface area (Å²) in [5.41, 5.74) is 1.66. The van der Waals surface area contributed by atoms with Crippen molar-refractivity contribution in [3.63, 3.8) is 0 Å². The number of hydrogen-bond donors (Lipinski definition) is 1. The quantitative estimate of drug-likeness (QED) is 0.898. The highest BCUT2D eigenvalue weighted by molar-refractivity contribution is 5.42. The van der Waals surface area contributed by atoms with Crippen LogP contribution in [0, 0.1) is 11.3 Å². The van der Waals surface area contributed by atoms with Crippen LogP contribution in [0.4, 0.5) is 0 Å². The molecule has 2 rings (SSSR count). The average Bonchev–Trinajstić information content (AvgIpc) is 2.47. The van der Waals surface area contributed by atoms with E-state index in [0.717, 1.165) is 37.2 Å². The molecule has 19 heavy (non-hydrogen) atoms. The summed E-state index contributed by atoms with van der Waals surface area (Å²) in [6, 6.07) is 7.87. The van der Waals surface area contributed by atoms with Crippen LogP contribution >= 0.6 is 0 Å². The summed E-state index contributed by atoms with van der Waals surface area (Å²) in [4.78, 5) is 2.28. The van der Waals surface area contributed by atoms with Gasteiger partial charge < -0.3 is 9.84 Å². The number of rotatable bonds is 4. The molecule has 1 heterocycles. The number of methoxy groups -OCH3 is 1. The molecule has 1 N–H and O–H groups in total. The molecule has 1 aliphatic rings. The van der Waals surface area contributed by atoms with Crippen molar-refractivity contribution in [1.29, 1.82) is 5.26 Å². The zero-order chi connectivity index (χ0) is 13.7. The minimum Gasteiger partial charge on any atom is -0.496 e. The maximum Gasteiger partial charge on any atom is 0.123 e. The molecule has 4 heteroatoms. The van der Waals surface area contributed by atoms with Gasteiger partial charge in [0.1, 0.15) is 5.75 Å². The van der Waals surface area contributed by atoms with Gasteiger partial charge in [0, 0.05) is 18.2 Å². The fourth-order valence-corrected chi connectivity index (χ4v) is 2.67. The van der Waals surface area contributed by atoms with E-state index < -0.39 is 0 Å². The molecule has 102 valence electrons. The van der Waals surface area contributed by atoms with Gasteiger partial charge in [0.05, 0.1) is 25.3 Å². The third kappa shape index (κ3) is 3.25. The van der Waals surface area contributed by atoms with E-state index in [1.807, 2.05) is 12.1 Å². The lowest BCUT2D eigenvalue weighted by molar-refractivity contribution is 0.0834. The number of nitriles is 1. The molecule has 0 saturated carbocycles. The molecule has 0 aromatic heterocycles. The molecule has 1 aromatic carbocycles. The molecule has 0 radical (unpaired) electrons. The first-order chi connectivity index (χ1) is 9.28. The van der Waals surface area contributed by atoms with Crippen molar-refractivity contribution in [1.82, 2.24) is 4.90 Å². The summed E-state index contributed by atoms with van der Waals surface area (Å²) < 4.78 is 5.36. The van der Waals surface area contributed by atoms with Crippen LogP contribution in [-0.4, -0.2) is 36.3 Å². The maximum absolute atomic E-state index is 9.44. The Morgan fingerprint density at radius 3 is 3.00 bits per heavy atom. The monoisotopic (exact) mass is 260 g/mol. The van der Waals surface area contributed by atoms with Gasteiger partial charge in [-0.05, 0) is 37.6 Å².